The van der Waals surface area contributed by atoms with Gasteiger partial charge in [0.25, 0.3) is 0 Å². The molecule has 0 aromatic heterocycles. The van der Waals surface area contributed by atoms with Gasteiger partial charge in [-0.3, -0.25) is 4.79 Å². The van der Waals surface area contributed by atoms with E-state index in [0.29, 0.717) is 19.0 Å². The van der Waals surface area contributed by atoms with Gasteiger partial charge in [-0.05, 0) is 26.9 Å². The zero-order chi connectivity index (χ0) is 14.3. The molecular weight excluding hydrogens is 234 g/mol. The molecule has 0 radical (unpaired) electrons. The lowest BCUT2D eigenvalue weighted by atomic mass is 10.2. The molecule has 6 nitrogen and oxygen atoms in total. The van der Waals surface area contributed by atoms with Crippen molar-refractivity contribution in [3.05, 3.63) is 0 Å². The standard InChI is InChI=1S/C12H25N3O3/c1-9(2)8-15(7-6-14(4)5)12(18)13-10(3)11(16)17/h9-10H,6-8H2,1-5H3,(H,13,18)(H,16,17). The highest BCUT2D eigenvalue weighted by atomic mass is 16.4. The number of carboxylic acid groups (broad SMARTS) is 1. The number of amides is 2. The highest BCUT2D eigenvalue weighted by Crippen LogP contribution is 2.00. The fourth-order valence-electron chi connectivity index (χ4n) is 1.38. The van der Waals surface area contributed by atoms with Crippen LogP contribution in [0.25, 0.3) is 0 Å². The Morgan fingerprint density at radius 2 is 1.72 bits per heavy atom. The van der Waals surface area contributed by atoms with Gasteiger partial charge in [0.2, 0.25) is 0 Å². The topological polar surface area (TPSA) is 72.9 Å². The summed E-state index contributed by atoms with van der Waals surface area (Å²) in [5.41, 5.74) is 0. The monoisotopic (exact) mass is 259 g/mol. The molecule has 6 heteroatoms. The van der Waals surface area contributed by atoms with E-state index in [1.54, 1.807) is 4.90 Å². The summed E-state index contributed by atoms with van der Waals surface area (Å²) in [5.74, 6) is -0.682. The summed E-state index contributed by atoms with van der Waals surface area (Å²) in [6.45, 7) is 7.46. The summed E-state index contributed by atoms with van der Waals surface area (Å²) >= 11 is 0. The second kappa shape index (κ2) is 7.92. The first kappa shape index (κ1) is 16.7. The van der Waals surface area contributed by atoms with E-state index in [2.05, 4.69) is 5.32 Å². The average Bonchev–Trinajstić information content (AvgIpc) is 2.22. The summed E-state index contributed by atoms with van der Waals surface area (Å²) < 4.78 is 0. The Morgan fingerprint density at radius 1 is 1.17 bits per heavy atom. The van der Waals surface area contributed by atoms with E-state index < -0.39 is 12.0 Å². The van der Waals surface area contributed by atoms with E-state index in [0.717, 1.165) is 6.54 Å². The third kappa shape index (κ3) is 7.11. The van der Waals surface area contributed by atoms with Crippen molar-refractivity contribution < 1.29 is 14.7 Å². The minimum atomic E-state index is -1.03. The van der Waals surface area contributed by atoms with Gasteiger partial charge >= 0.3 is 12.0 Å². The van der Waals surface area contributed by atoms with E-state index in [9.17, 15) is 9.59 Å². The van der Waals surface area contributed by atoms with Crippen LogP contribution in [0.5, 0.6) is 0 Å². The molecule has 0 bridgehead atoms. The molecule has 0 heterocycles. The first-order valence-corrected chi connectivity index (χ1v) is 6.17. The molecule has 0 aromatic carbocycles. The van der Waals surface area contributed by atoms with E-state index in [1.165, 1.54) is 6.92 Å². The quantitative estimate of drug-likeness (QED) is 0.705. The Kier molecular flexibility index (Phi) is 7.35. The van der Waals surface area contributed by atoms with Crippen LogP contribution in [0.1, 0.15) is 20.8 Å². The van der Waals surface area contributed by atoms with Gasteiger partial charge in [0.15, 0.2) is 0 Å². The molecule has 1 atom stereocenters. The number of nitrogens with one attached hydrogen (secondary N) is 1. The van der Waals surface area contributed by atoms with Crippen molar-refractivity contribution in [2.75, 3.05) is 33.7 Å². The predicted octanol–water partition coefficient (Wildman–Crippen LogP) is 0.689. The Balaban J connectivity index is 4.43. The maximum atomic E-state index is 11.9. The maximum absolute atomic E-state index is 11.9. The molecule has 2 amide bonds. The number of urea groups is 1. The SMILES string of the molecule is CC(C)CN(CCN(C)C)C(=O)NC(C)C(=O)O. The summed E-state index contributed by atoms with van der Waals surface area (Å²) in [7, 11) is 3.87. The van der Waals surface area contributed by atoms with Gasteiger partial charge in [0.1, 0.15) is 6.04 Å². The summed E-state index contributed by atoms with van der Waals surface area (Å²) in [6, 6.07) is -1.19. The number of likely N-dealkylation sites (N-methyl/N-ethyl adjacent to an activating group) is 1. The smallest absolute Gasteiger partial charge is 0.325 e. The van der Waals surface area contributed by atoms with Crippen LogP contribution in [-0.4, -0.2) is 66.7 Å². The summed E-state index contributed by atoms with van der Waals surface area (Å²) in [5, 5.41) is 11.2. The number of carbonyl (C=O) groups excluding carboxylic acids is 1. The molecule has 0 aromatic rings. The minimum absolute atomic E-state index is 0.319. The maximum Gasteiger partial charge on any atom is 0.325 e. The van der Waals surface area contributed by atoms with Crippen LogP contribution in [0.2, 0.25) is 0 Å². The molecule has 1 unspecified atom stereocenters. The normalized spacial score (nSPS) is 12.6. The molecule has 0 spiro atoms. The zero-order valence-corrected chi connectivity index (χ0v) is 11.9. The number of nitrogens with zero attached hydrogens (tertiary/aromatic N) is 2. The third-order valence-electron chi connectivity index (χ3n) is 2.40. The first-order valence-electron chi connectivity index (χ1n) is 6.17. The van der Waals surface area contributed by atoms with Gasteiger partial charge in [-0.2, -0.15) is 0 Å². The lowest BCUT2D eigenvalue weighted by molar-refractivity contribution is -0.138. The molecule has 0 saturated heterocycles. The van der Waals surface area contributed by atoms with Gasteiger partial charge < -0.3 is 20.2 Å². The van der Waals surface area contributed by atoms with Crippen molar-refractivity contribution in [1.82, 2.24) is 15.1 Å². The lowest BCUT2D eigenvalue weighted by Crippen LogP contribution is -2.49. The van der Waals surface area contributed by atoms with Crippen molar-refractivity contribution in [2.24, 2.45) is 5.92 Å². The van der Waals surface area contributed by atoms with Crippen LogP contribution >= 0.6 is 0 Å². The van der Waals surface area contributed by atoms with Crippen molar-refractivity contribution in [2.45, 2.75) is 26.8 Å². The van der Waals surface area contributed by atoms with Crippen molar-refractivity contribution in [3.8, 4) is 0 Å². The van der Waals surface area contributed by atoms with Crippen molar-refractivity contribution in [3.63, 3.8) is 0 Å². The highest BCUT2D eigenvalue weighted by Gasteiger charge is 2.19. The van der Waals surface area contributed by atoms with Crippen LogP contribution in [0, 0.1) is 5.92 Å². The molecule has 0 rings (SSSR count). The fourth-order valence-corrected chi connectivity index (χ4v) is 1.38. The molecule has 18 heavy (non-hydrogen) atoms. The van der Waals surface area contributed by atoms with Crippen LogP contribution in [0.4, 0.5) is 4.79 Å². The van der Waals surface area contributed by atoms with E-state index in [1.807, 2.05) is 32.8 Å². The predicted molar refractivity (Wildman–Crippen MR) is 70.6 cm³/mol. The summed E-state index contributed by atoms with van der Waals surface area (Å²) in [4.78, 5) is 26.3. The lowest BCUT2D eigenvalue weighted by Gasteiger charge is -2.27. The first-order chi connectivity index (χ1) is 8.23. The van der Waals surface area contributed by atoms with E-state index >= 15 is 0 Å². The molecule has 0 aliphatic heterocycles. The molecule has 106 valence electrons. The largest absolute Gasteiger partial charge is 0.480 e. The number of hydrogen-bond acceptors (Lipinski definition) is 3. The number of carboxylic acids is 1. The van der Waals surface area contributed by atoms with Crippen LogP contribution < -0.4 is 5.32 Å². The highest BCUT2D eigenvalue weighted by molar-refractivity contribution is 5.82. The Hall–Kier alpha value is -1.30. The van der Waals surface area contributed by atoms with Crippen LogP contribution in [0.3, 0.4) is 0 Å². The van der Waals surface area contributed by atoms with Crippen molar-refractivity contribution >= 4 is 12.0 Å². The third-order valence-corrected chi connectivity index (χ3v) is 2.40. The average molecular weight is 259 g/mol. The van der Waals surface area contributed by atoms with Crippen LogP contribution in [-0.2, 0) is 4.79 Å². The fraction of sp³-hybridized carbons (Fsp3) is 0.833. The van der Waals surface area contributed by atoms with E-state index in [4.69, 9.17) is 5.11 Å². The Morgan fingerprint density at radius 3 is 2.11 bits per heavy atom. The van der Waals surface area contributed by atoms with E-state index in [-0.39, 0.29) is 6.03 Å². The molecule has 0 saturated carbocycles. The zero-order valence-electron chi connectivity index (χ0n) is 11.9. The van der Waals surface area contributed by atoms with Crippen LogP contribution in [0.15, 0.2) is 0 Å². The molecule has 0 aliphatic carbocycles. The summed E-state index contributed by atoms with van der Waals surface area (Å²) in [6.07, 6.45) is 0. The van der Waals surface area contributed by atoms with Gasteiger partial charge in [-0.15, -0.1) is 0 Å². The molecule has 0 aliphatic rings. The second-order valence-electron chi connectivity index (χ2n) is 5.15. The van der Waals surface area contributed by atoms with Crippen molar-refractivity contribution in [1.29, 1.82) is 0 Å². The Bertz CT molecular complexity index is 280. The number of rotatable bonds is 7. The van der Waals surface area contributed by atoms with Gasteiger partial charge in [0, 0.05) is 19.6 Å². The number of hydrogen-bond donors (Lipinski definition) is 2. The minimum Gasteiger partial charge on any atom is -0.480 e. The number of carbonyl (C=O) groups is 2. The van der Waals surface area contributed by atoms with Gasteiger partial charge in [-0.25, -0.2) is 4.79 Å². The Labute approximate surface area is 109 Å². The number of aliphatic carboxylic acids is 1. The molecular formula is C12H25N3O3. The molecule has 2 N–H and O–H groups in total. The second-order valence-corrected chi connectivity index (χ2v) is 5.15. The van der Waals surface area contributed by atoms with Gasteiger partial charge in [0.05, 0.1) is 0 Å². The molecule has 0 fully saturated rings. The van der Waals surface area contributed by atoms with Gasteiger partial charge in [-0.1, -0.05) is 13.8 Å².